The quantitative estimate of drug-likeness (QED) is 0.801. The molecule has 0 aromatic heterocycles. The standard InChI is InChI=1S/C21H33NO2/c1-20(2,21(23)9-11-24-12-10-21)16-22-15-19-8-4-7-18(14-19)13-17-5-3-6-17/h4,7-8,14,17,22-23H,3,5-6,9-13,15-16H2,1-2H3. The van der Waals surface area contributed by atoms with Crippen LogP contribution in [0.1, 0.15) is 57.1 Å². The molecule has 24 heavy (non-hydrogen) atoms. The molecule has 0 radical (unpaired) electrons. The molecule has 1 aliphatic heterocycles. The van der Waals surface area contributed by atoms with Gasteiger partial charge in [-0.05, 0) is 23.5 Å². The van der Waals surface area contributed by atoms with Gasteiger partial charge in [0.25, 0.3) is 0 Å². The van der Waals surface area contributed by atoms with Gasteiger partial charge in [0, 0.05) is 44.6 Å². The Hall–Kier alpha value is -0.900. The zero-order chi connectivity index (χ0) is 17.0. The summed E-state index contributed by atoms with van der Waals surface area (Å²) in [5.74, 6) is 0.912. The van der Waals surface area contributed by atoms with Gasteiger partial charge in [0.1, 0.15) is 0 Å². The van der Waals surface area contributed by atoms with Crippen molar-refractivity contribution in [2.75, 3.05) is 19.8 Å². The van der Waals surface area contributed by atoms with Crippen LogP contribution in [0.5, 0.6) is 0 Å². The molecule has 3 nitrogen and oxygen atoms in total. The van der Waals surface area contributed by atoms with Crippen LogP contribution in [0.25, 0.3) is 0 Å². The van der Waals surface area contributed by atoms with Crippen molar-refractivity contribution in [3.8, 4) is 0 Å². The van der Waals surface area contributed by atoms with Crippen LogP contribution < -0.4 is 5.32 Å². The highest BCUT2D eigenvalue weighted by molar-refractivity contribution is 5.24. The number of rotatable bonds is 7. The van der Waals surface area contributed by atoms with E-state index in [1.807, 2.05) is 0 Å². The molecular weight excluding hydrogens is 298 g/mol. The summed E-state index contributed by atoms with van der Waals surface area (Å²) in [6.45, 7) is 7.35. The molecule has 0 bridgehead atoms. The molecule has 1 heterocycles. The summed E-state index contributed by atoms with van der Waals surface area (Å²) >= 11 is 0. The summed E-state index contributed by atoms with van der Waals surface area (Å²) < 4.78 is 5.41. The second-order valence-corrected chi connectivity index (χ2v) is 8.45. The summed E-state index contributed by atoms with van der Waals surface area (Å²) in [4.78, 5) is 0. The lowest BCUT2D eigenvalue weighted by Crippen LogP contribution is -2.53. The highest BCUT2D eigenvalue weighted by atomic mass is 16.5. The lowest BCUT2D eigenvalue weighted by Gasteiger charge is -2.45. The van der Waals surface area contributed by atoms with Crippen molar-refractivity contribution in [3.63, 3.8) is 0 Å². The molecule has 2 fully saturated rings. The van der Waals surface area contributed by atoms with Gasteiger partial charge in [0.05, 0.1) is 5.60 Å². The van der Waals surface area contributed by atoms with Gasteiger partial charge in [-0.1, -0.05) is 57.4 Å². The largest absolute Gasteiger partial charge is 0.389 e. The third-order valence-electron chi connectivity index (χ3n) is 6.22. The van der Waals surface area contributed by atoms with E-state index < -0.39 is 5.60 Å². The summed E-state index contributed by atoms with van der Waals surface area (Å²) in [7, 11) is 0. The van der Waals surface area contributed by atoms with Crippen LogP contribution in [0.15, 0.2) is 24.3 Å². The van der Waals surface area contributed by atoms with Crippen LogP contribution in [-0.4, -0.2) is 30.5 Å². The van der Waals surface area contributed by atoms with Crippen LogP contribution in [0, 0.1) is 11.3 Å². The Morgan fingerprint density at radius 3 is 2.58 bits per heavy atom. The monoisotopic (exact) mass is 331 g/mol. The van der Waals surface area contributed by atoms with E-state index in [-0.39, 0.29) is 5.41 Å². The van der Waals surface area contributed by atoms with Crippen LogP contribution >= 0.6 is 0 Å². The van der Waals surface area contributed by atoms with Gasteiger partial charge >= 0.3 is 0 Å². The molecule has 134 valence electrons. The van der Waals surface area contributed by atoms with Crippen molar-refractivity contribution < 1.29 is 9.84 Å². The minimum atomic E-state index is -0.621. The van der Waals surface area contributed by atoms with E-state index in [4.69, 9.17) is 4.74 Å². The smallest absolute Gasteiger partial charge is 0.0754 e. The molecule has 0 spiro atoms. The number of hydrogen-bond donors (Lipinski definition) is 2. The molecule has 1 aliphatic carbocycles. The number of ether oxygens (including phenoxy) is 1. The van der Waals surface area contributed by atoms with Crippen molar-refractivity contribution in [1.82, 2.24) is 5.32 Å². The third kappa shape index (κ3) is 4.19. The lowest BCUT2D eigenvalue weighted by atomic mass is 9.70. The maximum absolute atomic E-state index is 11.0. The predicted octanol–water partition coefficient (Wildman–Crippen LogP) is 3.69. The van der Waals surface area contributed by atoms with Gasteiger partial charge < -0.3 is 15.2 Å². The molecule has 0 amide bonds. The first-order valence-corrected chi connectivity index (χ1v) is 9.57. The minimum Gasteiger partial charge on any atom is -0.389 e. The topological polar surface area (TPSA) is 41.5 Å². The van der Waals surface area contributed by atoms with E-state index in [1.54, 1.807) is 0 Å². The number of benzene rings is 1. The van der Waals surface area contributed by atoms with Crippen LogP contribution in [0.3, 0.4) is 0 Å². The number of aliphatic hydroxyl groups is 1. The first-order valence-electron chi connectivity index (χ1n) is 9.57. The Kier molecular flexibility index (Phi) is 5.63. The zero-order valence-electron chi connectivity index (χ0n) is 15.3. The fraction of sp³-hybridized carbons (Fsp3) is 0.714. The Bertz CT molecular complexity index is 530. The van der Waals surface area contributed by atoms with Gasteiger partial charge in [-0.2, -0.15) is 0 Å². The molecule has 0 unspecified atom stereocenters. The van der Waals surface area contributed by atoms with E-state index in [0.717, 1.165) is 31.8 Å². The SMILES string of the molecule is CC(C)(CNCc1cccc(CC2CCC2)c1)C1(O)CCOCC1. The van der Waals surface area contributed by atoms with E-state index in [9.17, 15) is 5.11 Å². The normalized spacial score (nSPS) is 21.5. The van der Waals surface area contributed by atoms with E-state index in [1.165, 1.54) is 36.8 Å². The molecule has 0 atom stereocenters. The molecule has 1 saturated carbocycles. The van der Waals surface area contributed by atoms with Crippen molar-refractivity contribution in [2.45, 2.75) is 64.5 Å². The fourth-order valence-electron chi connectivity index (χ4n) is 3.97. The summed E-state index contributed by atoms with van der Waals surface area (Å²) in [5, 5.41) is 14.5. The Morgan fingerprint density at radius 1 is 1.21 bits per heavy atom. The lowest BCUT2D eigenvalue weighted by molar-refractivity contribution is -0.131. The minimum absolute atomic E-state index is 0.152. The predicted molar refractivity (Wildman–Crippen MR) is 98.0 cm³/mol. The maximum Gasteiger partial charge on any atom is 0.0754 e. The van der Waals surface area contributed by atoms with Crippen molar-refractivity contribution in [3.05, 3.63) is 35.4 Å². The molecule has 2 N–H and O–H groups in total. The summed E-state index contributed by atoms with van der Waals surface area (Å²) in [6.07, 6.45) is 6.92. The molecule has 3 heteroatoms. The molecule has 1 saturated heterocycles. The molecule has 1 aromatic carbocycles. The van der Waals surface area contributed by atoms with E-state index in [2.05, 4.69) is 43.4 Å². The Labute approximate surface area is 146 Å². The first kappa shape index (κ1) is 17.9. The Balaban J connectivity index is 1.50. The van der Waals surface area contributed by atoms with Crippen molar-refractivity contribution in [2.24, 2.45) is 11.3 Å². The molecular formula is C21H33NO2. The molecule has 2 aliphatic rings. The van der Waals surface area contributed by atoms with Crippen molar-refractivity contribution >= 4 is 0 Å². The Morgan fingerprint density at radius 2 is 1.92 bits per heavy atom. The van der Waals surface area contributed by atoms with Crippen LogP contribution in [-0.2, 0) is 17.7 Å². The van der Waals surface area contributed by atoms with Gasteiger partial charge in [0.15, 0.2) is 0 Å². The zero-order valence-corrected chi connectivity index (χ0v) is 15.3. The van der Waals surface area contributed by atoms with Crippen LogP contribution in [0.4, 0.5) is 0 Å². The maximum atomic E-state index is 11.0. The van der Waals surface area contributed by atoms with Gasteiger partial charge in [-0.25, -0.2) is 0 Å². The molecule has 3 rings (SSSR count). The van der Waals surface area contributed by atoms with Crippen molar-refractivity contribution in [1.29, 1.82) is 0 Å². The van der Waals surface area contributed by atoms with E-state index in [0.29, 0.717) is 13.2 Å². The average molecular weight is 332 g/mol. The number of nitrogens with one attached hydrogen (secondary N) is 1. The van der Waals surface area contributed by atoms with Gasteiger partial charge in [-0.15, -0.1) is 0 Å². The van der Waals surface area contributed by atoms with Gasteiger partial charge in [-0.3, -0.25) is 0 Å². The fourth-order valence-corrected chi connectivity index (χ4v) is 3.97. The highest BCUT2D eigenvalue weighted by Gasteiger charge is 2.43. The number of hydrogen-bond acceptors (Lipinski definition) is 3. The second kappa shape index (κ2) is 7.55. The average Bonchev–Trinajstić information content (AvgIpc) is 2.52. The summed E-state index contributed by atoms with van der Waals surface area (Å²) in [6, 6.07) is 8.99. The van der Waals surface area contributed by atoms with E-state index >= 15 is 0 Å². The van der Waals surface area contributed by atoms with Gasteiger partial charge in [0.2, 0.25) is 0 Å². The first-order chi connectivity index (χ1) is 11.5. The van der Waals surface area contributed by atoms with Crippen LogP contribution in [0.2, 0.25) is 0 Å². The second-order valence-electron chi connectivity index (χ2n) is 8.45. The summed E-state index contributed by atoms with van der Waals surface area (Å²) in [5.41, 5.74) is 2.05. The molecule has 1 aromatic rings. The highest BCUT2D eigenvalue weighted by Crippen LogP contribution is 2.38. The third-order valence-corrected chi connectivity index (χ3v) is 6.22.